The average Bonchev–Trinajstić information content (AvgIpc) is 2.58. The number of carboxylic acid groups (broad SMARTS) is 1. The summed E-state index contributed by atoms with van der Waals surface area (Å²) in [5, 5.41) is 19.5. The predicted octanol–water partition coefficient (Wildman–Crippen LogP) is 4.01. The zero-order valence-electron chi connectivity index (χ0n) is 14.8. The minimum absolute atomic E-state index is 0.290. The van der Waals surface area contributed by atoms with Crippen molar-refractivity contribution in [2.45, 2.75) is 38.6 Å². The van der Waals surface area contributed by atoms with Gasteiger partial charge in [-0.2, -0.15) is 0 Å². The molecule has 1 unspecified atom stereocenters. The van der Waals surface area contributed by atoms with Crippen molar-refractivity contribution in [3.63, 3.8) is 0 Å². The van der Waals surface area contributed by atoms with E-state index in [4.69, 9.17) is 0 Å². The highest BCUT2D eigenvalue weighted by molar-refractivity contribution is 5.76. The molecule has 0 bridgehead atoms. The fourth-order valence-corrected chi connectivity index (χ4v) is 3.81. The molecule has 0 aromatic heterocycles. The summed E-state index contributed by atoms with van der Waals surface area (Å²) in [6.45, 7) is 5.45. The van der Waals surface area contributed by atoms with Gasteiger partial charge < -0.3 is 10.2 Å². The van der Waals surface area contributed by atoms with Gasteiger partial charge in [0.2, 0.25) is 0 Å². The van der Waals surface area contributed by atoms with Crippen LogP contribution in [0.15, 0.2) is 42.5 Å². The van der Waals surface area contributed by atoms with Crippen LogP contribution in [-0.2, 0) is 4.79 Å². The van der Waals surface area contributed by atoms with Crippen LogP contribution in [0.5, 0.6) is 5.75 Å². The van der Waals surface area contributed by atoms with Gasteiger partial charge in [0.25, 0.3) is 0 Å². The van der Waals surface area contributed by atoms with Crippen LogP contribution in [0.1, 0.15) is 47.1 Å². The van der Waals surface area contributed by atoms with Gasteiger partial charge in [0.15, 0.2) is 0 Å². The Kier molecular flexibility index (Phi) is 5.09. The Labute approximate surface area is 148 Å². The quantitative estimate of drug-likeness (QED) is 0.883. The summed E-state index contributed by atoms with van der Waals surface area (Å²) < 4.78 is 0. The Morgan fingerprint density at radius 3 is 2.48 bits per heavy atom. The van der Waals surface area contributed by atoms with Gasteiger partial charge in [0, 0.05) is 0 Å². The summed E-state index contributed by atoms with van der Waals surface area (Å²) in [7, 11) is 0. The Morgan fingerprint density at radius 2 is 1.84 bits per heavy atom. The molecule has 0 spiro atoms. The summed E-state index contributed by atoms with van der Waals surface area (Å²) >= 11 is 0. The highest BCUT2D eigenvalue weighted by atomic mass is 16.4. The van der Waals surface area contributed by atoms with E-state index in [1.807, 2.05) is 50.2 Å². The van der Waals surface area contributed by atoms with Crippen LogP contribution in [0.25, 0.3) is 0 Å². The second-order valence-corrected chi connectivity index (χ2v) is 7.01. The molecule has 1 heterocycles. The molecule has 4 heteroatoms. The molecule has 1 aliphatic heterocycles. The number of benzene rings is 2. The number of rotatable bonds is 4. The number of piperidine rings is 1. The molecule has 2 aromatic rings. The maximum atomic E-state index is 12.0. The van der Waals surface area contributed by atoms with Gasteiger partial charge in [-0.3, -0.25) is 9.69 Å². The normalized spacial score (nSPS) is 17.4. The average molecular weight is 339 g/mol. The number of phenolic OH excluding ortho intramolecular Hbond substituents is 1. The Balaban J connectivity index is 1.77. The van der Waals surface area contributed by atoms with Crippen molar-refractivity contribution in [1.82, 2.24) is 4.90 Å². The standard InChI is InChI=1S/C21H25NO3/c1-14-6-7-15(2)19(12-14)20(21(24)25)22-10-8-16(9-11-22)17-4-3-5-18(23)13-17/h3-7,12-13,16,20,23H,8-11H2,1-2H3,(H,24,25). The van der Waals surface area contributed by atoms with Gasteiger partial charge in [0.05, 0.1) is 0 Å². The number of aryl methyl sites for hydroxylation is 2. The number of hydrogen-bond acceptors (Lipinski definition) is 3. The maximum Gasteiger partial charge on any atom is 0.325 e. The molecule has 0 saturated carbocycles. The van der Waals surface area contributed by atoms with E-state index in [9.17, 15) is 15.0 Å². The maximum absolute atomic E-state index is 12.0. The lowest BCUT2D eigenvalue weighted by Crippen LogP contribution is -2.40. The van der Waals surface area contributed by atoms with Crippen LogP contribution in [0.3, 0.4) is 0 Å². The zero-order chi connectivity index (χ0) is 18.0. The van der Waals surface area contributed by atoms with Gasteiger partial charge in [-0.05, 0) is 74.5 Å². The molecule has 1 fully saturated rings. The topological polar surface area (TPSA) is 60.8 Å². The van der Waals surface area contributed by atoms with Gasteiger partial charge in [0.1, 0.15) is 11.8 Å². The summed E-state index contributed by atoms with van der Waals surface area (Å²) in [6, 6.07) is 12.8. The smallest absolute Gasteiger partial charge is 0.325 e. The molecule has 0 radical (unpaired) electrons. The fraction of sp³-hybridized carbons (Fsp3) is 0.381. The van der Waals surface area contributed by atoms with Gasteiger partial charge in [-0.25, -0.2) is 0 Å². The summed E-state index contributed by atoms with van der Waals surface area (Å²) in [5.74, 6) is -0.125. The minimum Gasteiger partial charge on any atom is -0.508 e. The third kappa shape index (κ3) is 3.85. The SMILES string of the molecule is Cc1ccc(C)c(C(C(=O)O)N2CCC(c3cccc(O)c3)CC2)c1. The highest BCUT2D eigenvalue weighted by Gasteiger charge is 2.32. The number of aliphatic carboxylic acids is 1. The number of phenols is 1. The van der Waals surface area contributed by atoms with Crippen LogP contribution in [-0.4, -0.2) is 34.2 Å². The van der Waals surface area contributed by atoms with E-state index in [0.717, 1.165) is 48.2 Å². The first kappa shape index (κ1) is 17.5. The first-order chi connectivity index (χ1) is 12.0. The Bertz CT molecular complexity index is 763. The van der Waals surface area contributed by atoms with E-state index < -0.39 is 12.0 Å². The molecular weight excluding hydrogens is 314 g/mol. The summed E-state index contributed by atoms with van der Waals surface area (Å²) in [4.78, 5) is 14.1. The number of nitrogens with zero attached hydrogens (tertiary/aromatic N) is 1. The fourth-order valence-electron chi connectivity index (χ4n) is 3.81. The van der Waals surface area contributed by atoms with Crippen LogP contribution in [0.2, 0.25) is 0 Å². The van der Waals surface area contributed by atoms with E-state index >= 15 is 0 Å². The molecule has 0 aliphatic carbocycles. The molecule has 0 amide bonds. The molecule has 1 atom stereocenters. The first-order valence-corrected chi connectivity index (χ1v) is 8.78. The summed E-state index contributed by atoms with van der Waals surface area (Å²) in [5.41, 5.74) is 4.14. The van der Waals surface area contributed by atoms with Crippen molar-refractivity contribution in [3.8, 4) is 5.75 Å². The van der Waals surface area contributed by atoms with Crippen molar-refractivity contribution in [1.29, 1.82) is 0 Å². The molecular formula is C21H25NO3. The lowest BCUT2D eigenvalue weighted by Gasteiger charge is -2.36. The van der Waals surface area contributed by atoms with Gasteiger partial charge in [-0.15, -0.1) is 0 Å². The van der Waals surface area contributed by atoms with E-state index in [2.05, 4.69) is 4.90 Å². The number of carboxylic acids is 1. The highest BCUT2D eigenvalue weighted by Crippen LogP contribution is 2.34. The third-order valence-corrected chi connectivity index (χ3v) is 5.20. The van der Waals surface area contributed by atoms with Crippen molar-refractivity contribution < 1.29 is 15.0 Å². The first-order valence-electron chi connectivity index (χ1n) is 8.78. The van der Waals surface area contributed by atoms with E-state index in [1.165, 1.54) is 0 Å². The number of carbonyl (C=O) groups is 1. The molecule has 1 aliphatic rings. The Hall–Kier alpha value is -2.33. The lowest BCUT2D eigenvalue weighted by molar-refractivity contribution is -0.144. The molecule has 1 saturated heterocycles. The van der Waals surface area contributed by atoms with Crippen molar-refractivity contribution in [3.05, 3.63) is 64.7 Å². The van der Waals surface area contributed by atoms with E-state index in [-0.39, 0.29) is 0 Å². The molecule has 2 N–H and O–H groups in total. The van der Waals surface area contributed by atoms with Crippen LogP contribution in [0.4, 0.5) is 0 Å². The molecule has 4 nitrogen and oxygen atoms in total. The number of hydrogen-bond donors (Lipinski definition) is 2. The zero-order valence-corrected chi connectivity index (χ0v) is 14.8. The van der Waals surface area contributed by atoms with Gasteiger partial charge >= 0.3 is 5.97 Å². The monoisotopic (exact) mass is 339 g/mol. The van der Waals surface area contributed by atoms with E-state index in [1.54, 1.807) is 6.07 Å². The van der Waals surface area contributed by atoms with Crippen molar-refractivity contribution in [2.24, 2.45) is 0 Å². The third-order valence-electron chi connectivity index (χ3n) is 5.20. The lowest BCUT2D eigenvalue weighted by atomic mass is 9.87. The summed E-state index contributed by atoms with van der Waals surface area (Å²) in [6.07, 6.45) is 1.80. The number of aromatic hydroxyl groups is 1. The van der Waals surface area contributed by atoms with E-state index in [0.29, 0.717) is 11.7 Å². The van der Waals surface area contributed by atoms with Crippen LogP contribution < -0.4 is 0 Å². The molecule has 25 heavy (non-hydrogen) atoms. The van der Waals surface area contributed by atoms with Crippen LogP contribution in [0, 0.1) is 13.8 Å². The molecule has 132 valence electrons. The predicted molar refractivity (Wildman–Crippen MR) is 97.9 cm³/mol. The van der Waals surface area contributed by atoms with Crippen molar-refractivity contribution in [2.75, 3.05) is 13.1 Å². The Morgan fingerprint density at radius 1 is 1.12 bits per heavy atom. The molecule has 2 aromatic carbocycles. The largest absolute Gasteiger partial charge is 0.508 e. The molecule has 3 rings (SSSR count). The van der Waals surface area contributed by atoms with Crippen molar-refractivity contribution >= 4 is 5.97 Å². The van der Waals surface area contributed by atoms with Gasteiger partial charge in [-0.1, -0.05) is 35.9 Å². The second-order valence-electron chi connectivity index (χ2n) is 7.01. The second kappa shape index (κ2) is 7.28. The minimum atomic E-state index is -0.787. The van der Waals surface area contributed by atoms with Crippen LogP contribution >= 0.6 is 0 Å². The number of likely N-dealkylation sites (tertiary alicyclic amines) is 1.